The van der Waals surface area contributed by atoms with Crippen LogP contribution in [0.15, 0.2) is 47.4 Å². The van der Waals surface area contributed by atoms with E-state index in [4.69, 9.17) is 0 Å². The number of aryl methyl sites for hydroxylation is 2. The van der Waals surface area contributed by atoms with Crippen LogP contribution in [0.25, 0.3) is 0 Å². The Labute approximate surface area is 172 Å². The number of nitriles is 1. The van der Waals surface area contributed by atoms with Crippen molar-refractivity contribution in [2.24, 2.45) is 0 Å². The zero-order valence-corrected chi connectivity index (χ0v) is 17.7. The van der Waals surface area contributed by atoms with Gasteiger partial charge < -0.3 is 5.32 Å². The van der Waals surface area contributed by atoms with Crippen LogP contribution in [0.5, 0.6) is 0 Å². The minimum atomic E-state index is -3.78. The molecule has 152 valence electrons. The van der Waals surface area contributed by atoms with E-state index in [0.29, 0.717) is 11.3 Å². The third kappa shape index (κ3) is 4.34. The molecule has 0 atom stereocenters. The Morgan fingerprint density at radius 1 is 1.17 bits per heavy atom. The number of sulfonamides is 1. The number of rotatable bonds is 7. The lowest BCUT2D eigenvalue weighted by molar-refractivity contribution is -0.116. The van der Waals surface area contributed by atoms with Crippen LogP contribution in [0.3, 0.4) is 0 Å². The van der Waals surface area contributed by atoms with Gasteiger partial charge in [0.1, 0.15) is 0 Å². The maximum Gasteiger partial charge on any atom is 0.243 e. The molecule has 6 nitrogen and oxygen atoms in total. The SMILES string of the molecule is CCN(CC(=O)Nc1ccc(C2(C#N)CC2)cc1)S(=O)(=O)c1cc(C)ccc1C. The van der Waals surface area contributed by atoms with Crippen molar-refractivity contribution in [3.8, 4) is 6.07 Å². The van der Waals surface area contributed by atoms with E-state index in [9.17, 15) is 18.5 Å². The van der Waals surface area contributed by atoms with Crippen LogP contribution >= 0.6 is 0 Å². The van der Waals surface area contributed by atoms with Gasteiger partial charge in [0.25, 0.3) is 0 Å². The smallest absolute Gasteiger partial charge is 0.243 e. The lowest BCUT2D eigenvalue weighted by Crippen LogP contribution is -2.38. The van der Waals surface area contributed by atoms with Gasteiger partial charge in [-0.3, -0.25) is 4.79 Å². The van der Waals surface area contributed by atoms with Crippen LogP contribution in [0.4, 0.5) is 5.69 Å². The zero-order chi connectivity index (χ0) is 21.2. The van der Waals surface area contributed by atoms with E-state index < -0.39 is 15.9 Å². The van der Waals surface area contributed by atoms with Gasteiger partial charge in [0.15, 0.2) is 0 Å². The van der Waals surface area contributed by atoms with E-state index in [-0.39, 0.29) is 23.4 Å². The fraction of sp³-hybridized carbons (Fsp3) is 0.364. The third-order valence-electron chi connectivity index (χ3n) is 5.32. The Balaban J connectivity index is 1.71. The van der Waals surface area contributed by atoms with Gasteiger partial charge in [0, 0.05) is 12.2 Å². The molecule has 7 heteroatoms. The van der Waals surface area contributed by atoms with Crippen molar-refractivity contribution < 1.29 is 13.2 Å². The number of nitrogens with zero attached hydrogens (tertiary/aromatic N) is 2. The van der Waals surface area contributed by atoms with Crippen LogP contribution in [-0.4, -0.2) is 31.7 Å². The molecule has 1 N–H and O–H groups in total. The van der Waals surface area contributed by atoms with Crippen LogP contribution in [0.1, 0.15) is 36.5 Å². The number of hydrogen-bond acceptors (Lipinski definition) is 4. The molecule has 1 fully saturated rings. The van der Waals surface area contributed by atoms with Gasteiger partial charge in [-0.1, -0.05) is 31.2 Å². The Morgan fingerprint density at radius 3 is 2.38 bits per heavy atom. The van der Waals surface area contributed by atoms with Gasteiger partial charge in [-0.2, -0.15) is 9.57 Å². The minimum absolute atomic E-state index is 0.187. The number of hydrogen-bond donors (Lipinski definition) is 1. The lowest BCUT2D eigenvalue weighted by Gasteiger charge is -2.21. The molecule has 1 aliphatic carbocycles. The zero-order valence-electron chi connectivity index (χ0n) is 16.9. The molecule has 0 aromatic heterocycles. The van der Waals surface area contributed by atoms with E-state index in [1.165, 1.54) is 4.31 Å². The van der Waals surface area contributed by atoms with Crippen molar-refractivity contribution >= 4 is 21.6 Å². The first-order valence-electron chi connectivity index (χ1n) is 9.61. The Hall–Kier alpha value is -2.69. The fourth-order valence-electron chi connectivity index (χ4n) is 3.31. The highest BCUT2D eigenvalue weighted by Crippen LogP contribution is 2.47. The number of carbonyl (C=O) groups excluding carboxylic acids is 1. The largest absolute Gasteiger partial charge is 0.325 e. The summed E-state index contributed by atoms with van der Waals surface area (Å²) in [5, 5.41) is 12.0. The van der Waals surface area contributed by atoms with Gasteiger partial charge in [0.05, 0.1) is 22.9 Å². The molecule has 0 spiro atoms. The third-order valence-corrected chi connectivity index (χ3v) is 7.38. The number of carbonyl (C=O) groups is 1. The van der Waals surface area contributed by atoms with E-state index >= 15 is 0 Å². The second-order valence-corrected chi connectivity index (χ2v) is 9.43. The molecular formula is C22H25N3O3S. The van der Waals surface area contributed by atoms with Gasteiger partial charge in [-0.15, -0.1) is 0 Å². The topological polar surface area (TPSA) is 90.3 Å². The Kier molecular flexibility index (Phi) is 5.78. The van der Waals surface area contributed by atoms with Crippen molar-refractivity contribution in [1.29, 1.82) is 5.26 Å². The summed E-state index contributed by atoms with van der Waals surface area (Å²) >= 11 is 0. The molecule has 0 saturated heterocycles. The van der Waals surface area contributed by atoms with Gasteiger partial charge >= 0.3 is 0 Å². The maximum absolute atomic E-state index is 13.0. The summed E-state index contributed by atoms with van der Waals surface area (Å²) in [4.78, 5) is 12.7. The summed E-state index contributed by atoms with van der Waals surface area (Å²) in [6, 6.07) is 14.8. The molecule has 2 aromatic carbocycles. The van der Waals surface area contributed by atoms with Gasteiger partial charge in [-0.05, 0) is 61.6 Å². The number of amides is 1. The van der Waals surface area contributed by atoms with E-state index in [0.717, 1.165) is 24.0 Å². The molecule has 29 heavy (non-hydrogen) atoms. The molecule has 1 amide bonds. The maximum atomic E-state index is 13.0. The highest BCUT2D eigenvalue weighted by Gasteiger charge is 2.44. The molecule has 1 aliphatic rings. The van der Waals surface area contributed by atoms with Gasteiger partial charge in [0.2, 0.25) is 15.9 Å². The molecule has 0 aliphatic heterocycles. The predicted octanol–water partition coefficient (Wildman–Crippen LogP) is 3.51. The van der Waals surface area contributed by atoms with Crippen LogP contribution in [-0.2, 0) is 20.2 Å². The first-order chi connectivity index (χ1) is 13.7. The second-order valence-electron chi connectivity index (χ2n) is 7.52. The summed E-state index contributed by atoms with van der Waals surface area (Å²) < 4.78 is 27.2. The predicted molar refractivity (Wildman–Crippen MR) is 112 cm³/mol. The van der Waals surface area contributed by atoms with Crippen LogP contribution in [0, 0.1) is 25.2 Å². The van der Waals surface area contributed by atoms with Crippen molar-refractivity contribution in [3.63, 3.8) is 0 Å². The average Bonchev–Trinajstić information content (AvgIpc) is 3.49. The summed E-state index contributed by atoms with van der Waals surface area (Å²) in [6.45, 7) is 5.21. The Morgan fingerprint density at radius 2 is 1.83 bits per heavy atom. The molecule has 0 unspecified atom stereocenters. The highest BCUT2D eigenvalue weighted by molar-refractivity contribution is 7.89. The minimum Gasteiger partial charge on any atom is -0.325 e. The quantitative estimate of drug-likeness (QED) is 0.755. The molecule has 1 saturated carbocycles. The first-order valence-corrected chi connectivity index (χ1v) is 11.0. The number of benzene rings is 2. The van der Waals surface area contributed by atoms with Crippen molar-refractivity contribution in [3.05, 3.63) is 59.2 Å². The van der Waals surface area contributed by atoms with E-state index in [1.54, 1.807) is 38.1 Å². The second kappa shape index (κ2) is 7.97. The van der Waals surface area contributed by atoms with Gasteiger partial charge in [-0.25, -0.2) is 8.42 Å². The first kappa shape index (κ1) is 21.0. The van der Waals surface area contributed by atoms with Crippen molar-refractivity contribution in [2.75, 3.05) is 18.4 Å². The summed E-state index contributed by atoms with van der Waals surface area (Å²) in [7, 11) is -3.78. The average molecular weight is 412 g/mol. The normalized spacial score (nSPS) is 15.0. The number of likely N-dealkylation sites (N-methyl/N-ethyl adjacent to an activating group) is 1. The standard InChI is InChI=1S/C22H25N3O3S/c1-4-25(29(27,28)20-13-16(2)5-6-17(20)3)14-21(26)24-19-9-7-18(8-10-19)22(15-23)11-12-22/h5-10,13H,4,11-12,14H2,1-3H3,(H,24,26). The molecule has 0 heterocycles. The number of nitrogens with one attached hydrogen (secondary N) is 1. The Bertz CT molecular complexity index is 1070. The molecular weight excluding hydrogens is 386 g/mol. The molecule has 0 bridgehead atoms. The highest BCUT2D eigenvalue weighted by atomic mass is 32.2. The number of anilines is 1. The van der Waals surface area contributed by atoms with Crippen molar-refractivity contribution in [2.45, 2.75) is 43.9 Å². The molecule has 3 rings (SSSR count). The summed E-state index contributed by atoms with van der Waals surface area (Å²) in [5.74, 6) is -0.408. The molecule has 2 aromatic rings. The molecule has 0 radical (unpaired) electrons. The van der Waals surface area contributed by atoms with E-state index in [2.05, 4.69) is 11.4 Å². The monoisotopic (exact) mass is 411 g/mol. The van der Waals surface area contributed by atoms with E-state index in [1.807, 2.05) is 25.1 Å². The summed E-state index contributed by atoms with van der Waals surface area (Å²) in [6.07, 6.45) is 1.72. The van der Waals surface area contributed by atoms with Crippen LogP contribution in [0.2, 0.25) is 0 Å². The van der Waals surface area contributed by atoms with Crippen molar-refractivity contribution in [1.82, 2.24) is 4.31 Å². The summed E-state index contributed by atoms with van der Waals surface area (Å²) in [5.41, 5.74) is 2.65. The fourth-order valence-corrected chi connectivity index (χ4v) is 5.03. The lowest BCUT2D eigenvalue weighted by atomic mass is 9.98. The van der Waals surface area contributed by atoms with Crippen LogP contribution < -0.4 is 5.32 Å².